The zero-order valence-electron chi connectivity index (χ0n) is 16.6. The molecule has 0 bridgehead atoms. The molecule has 7 nitrogen and oxygen atoms in total. The molecule has 1 amide bonds. The van der Waals surface area contributed by atoms with E-state index in [0.29, 0.717) is 17.2 Å². The third kappa shape index (κ3) is 4.27. The van der Waals surface area contributed by atoms with E-state index < -0.39 is 10.8 Å². The Labute approximate surface area is 183 Å². The Bertz CT molecular complexity index is 1160. The molecule has 0 saturated heterocycles. The second-order valence-electron chi connectivity index (χ2n) is 7.00. The lowest BCUT2D eigenvalue weighted by atomic mass is 9.98. The zero-order chi connectivity index (χ0) is 22.0. The van der Waals surface area contributed by atoms with Crippen molar-refractivity contribution in [2.24, 2.45) is 5.10 Å². The van der Waals surface area contributed by atoms with E-state index in [2.05, 4.69) is 5.10 Å². The van der Waals surface area contributed by atoms with Gasteiger partial charge >= 0.3 is 0 Å². The molecule has 0 radical (unpaired) electrons. The molecule has 156 valence electrons. The van der Waals surface area contributed by atoms with Crippen LogP contribution in [0.2, 0.25) is 5.02 Å². The van der Waals surface area contributed by atoms with Crippen molar-refractivity contribution in [2.75, 3.05) is 7.11 Å². The number of amides is 1. The summed E-state index contributed by atoms with van der Waals surface area (Å²) in [5.74, 6) is 0.297. The van der Waals surface area contributed by atoms with E-state index in [1.807, 2.05) is 36.4 Å². The molecule has 1 aliphatic rings. The van der Waals surface area contributed by atoms with Crippen LogP contribution in [0.25, 0.3) is 0 Å². The van der Waals surface area contributed by atoms with Gasteiger partial charge in [-0.3, -0.25) is 14.9 Å². The van der Waals surface area contributed by atoms with Crippen molar-refractivity contribution in [1.82, 2.24) is 5.01 Å². The van der Waals surface area contributed by atoms with Crippen LogP contribution in [0.15, 0.2) is 77.9 Å². The van der Waals surface area contributed by atoms with Gasteiger partial charge < -0.3 is 4.74 Å². The normalized spacial score (nSPS) is 15.5. The molecule has 0 unspecified atom stereocenters. The summed E-state index contributed by atoms with van der Waals surface area (Å²) in [6.45, 7) is 0. The highest BCUT2D eigenvalue weighted by Crippen LogP contribution is 2.35. The minimum absolute atomic E-state index is 0.145. The standard InChI is InChI=1S/C23H18ClN3O4/c1-31-20-11-7-16(8-12-20)22-14-21(15-5-9-18(24)10-6-15)25-26(22)23(28)17-3-2-4-19(13-17)27(29)30/h2-13,22H,14H2,1H3/t22-/m0/s1. The molecule has 0 spiro atoms. The minimum Gasteiger partial charge on any atom is -0.497 e. The molecule has 1 aliphatic heterocycles. The summed E-state index contributed by atoms with van der Waals surface area (Å²) < 4.78 is 5.23. The average Bonchev–Trinajstić information content (AvgIpc) is 3.24. The third-order valence-electron chi connectivity index (χ3n) is 5.10. The number of benzene rings is 3. The molecule has 31 heavy (non-hydrogen) atoms. The molecule has 3 aromatic carbocycles. The summed E-state index contributed by atoms with van der Waals surface area (Å²) in [6, 6.07) is 20.0. The molecule has 0 saturated carbocycles. The van der Waals surface area contributed by atoms with Crippen LogP contribution < -0.4 is 4.74 Å². The van der Waals surface area contributed by atoms with Crippen molar-refractivity contribution in [3.8, 4) is 5.75 Å². The Morgan fingerprint density at radius 1 is 1.13 bits per heavy atom. The molecule has 0 N–H and O–H groups in total. The SMILES string of the molecule is COc1ccc([C@@H]2CC(c3ccc(Cl)cc3)=NN2C(=O)c2cccc([N+](=O)[O-])c2)cc1. The van der Waals surface area contributed by atoms with Gasteiger partial charge in [-0.25, -0.2) is 5.01 Å². The van der Waals surface area contributed by atoms with Crippen LogP contribution in [0.3, 0.4) is 0 Å². The van der Waals surface area contributed by atoms with Crippen molar-refractivity contribution >= 4 is 28.9 Å². The number of ether oxygens (including phenoxy) is 1. The molecule has 3 aromatic rings. The van der Waals surface area contributed by atoms with Gasteiger partial charge in [-0.2, -0.15) is 5.10 Å². The lowest BCUT2D eigenvalue weighted by Crippen LogP contribution is -2.27. The van der Waals surface area contributed by atoms with Gasteiger partial charge in [-0.05, 0) is 41.5 Å². The second kappa shape index (κ2) is 8.57. The number of nitro groups is 1. The summed E-state index contributed by atoms with van der Waals surface area (Å²) >= 11 is 6.00. The van der Waals surface area contributed by atoms with Gasteiger partial charge in [0.25, 0.3) is 11.6 Å². The van der Waals surface area contributed by atoms with E-state index in [1.54, 1.807) is 25.3 Å². The summed E-state index contributed by atoms with van der Waals surface area (Å²) in [6.07, 6.45) is 0.495. The zero-order valence-corrected chi connectivity index (χ0v) is 17.3. The fourth-order valence-electron chi connectivity index (χ4n) is 3.48. The number of nitro benzene ring substituents is 1. The first-order valence-electron chi connectivity index (χ1n) is 9.51. The van der Waals surface area contributed by atoms with Crippen molar-refractivity contribution < 1.29 is 14.5 Å². The number of halogens is 1. The van der Waals surface area contributed by atoms with Crippen LogP contribution in [-0.4, -0.2) is 28.7 Å². The van der Waals surface area contributed by atoms with Crippen molar-refractivity contribution in [2.45, 2.75) is 12.5 Å². The summed E-state index contributed by atoms with van der Waals surface area (Å²) in [5.41, 5.74) is 2.53. The fourth-order valence-corrected chi connectivity index (χ4v) is 3.61. The van der Waals surface area contributed by atoms with Crippen molar-refractivity contribution in [1.29, 1.82) is 0 Å². The minimum atomic E-state index is -0.524. The number of carbonyl (C=O) groups excluding carboxylic acids is 1. The number of non-ortho nitro benzene ring substituents is 1. The predicted octanol–water partition coefficient (Wildman–Crippen LogP) is 5.25. The Morgan fingerprint density at radius 2 is 1.84 bits per heavy atom. The smallest absolute Gasteiger partial charge is 0.274 e. The number of nitrogens with zero attached hydrogens (tertiary/aromatic N) is 3. The number of hydrazone groups is 1. The van der Waals surface area contributed by atoms with Crippen LogP contribution >= 0.6 is 11.6 Å². The number of hydrogen-bond acceptors (Lipinski definition) is 5. The predicted molar refractivity (Wildman–Crippen MR) is 118 cm³/mol. The molecular formula is C23H18ClN3O4. The van der Waals surface area contributed by atoms with E-state index in [-0.39, 0.29) is 17.3 Å². The lowest BCUT2D eigenvalue weighted by molar-refractivity contribution is -0.384. The van der Waals surface area contributed by atoms with Crippen LogP contribution in [0.4, 0.5) is 5.69 Å². The Hall–Kier alpha value is -3.71. The molecule has 0 aromatic heterocycles. The first-order chi connectivity index (χ1) is 15.0. The largest absolute Gasteiger partial charge is 0.497 e. The molecule has 8 heteroatoms. The second-order valence-corrected chi connectivity index (χ2v) is 7.44. The van der Waals surface area contributed by atoms with Crippen molar-refractivity contribution in [3.63, 3.8) is 0 Å². The Morgan fingerprint density at radius 3 is 2.48 bits per heavy atom. The van der Waals surface area contributed by atoms with Gasteiger partial charge in [-0.1, -0.05) is 41.9 Å². The first-order valence-corrected chi connectivity index (χ1v) is 9.89. The quantitative estimate of drug-likeness (QED) is 0.404. The highest BCUT2D eigenvalue weighted by Gasteiger charge is 2.34. The number of hydrogen-bond donors (Lipinski definition) is 0. The summed E-state index contributed by atoms with van der Waals surface area (Å²) in [7, 11) is 1.59. The Balaban J connectivity index is 1.73. The van der Waals surface area contributed by atoms with Gasteiger partial charge in [0.2, 0.25) is 0 Å². The monoisotopic (exact) mass is 435 g/mol. The fraction of sp³-hybridized carbons (Fsp3) is 0.130. The summed E-state index contributed by atoms with van der Waals surface area (Å²) in [4.78, 5) is 23.9. The Kier molecular flexibility index (Phi) is 5.68. The highest BCUT2D eigenvalue weighted by atomic mass is 35.5. The van der Waals surface area contributed by atoms with E-state index in [9.17, 15) is 14.9 Å². The lowest BCUT2D eigenvalue weighted by Gasteiger charge is -2.22. The molecule has 0 fully saturated rings. The topological polar surface area (TPSA) is 85.0 Å². The summed E-state index contributed by atoms with van der Waals surface area (Å²) in [5, 5.41) is 17.7. The van der Waals surface area contributed by atoms with Crippen LogP contribution in [0.1, 0.15) is 33.9 Å². The van der Waals surface area contributed by atoms with Gasteiger partial charge in [-0.15, -0.1) is 0 Å². The molecule has 1 heterocycles. The van der Waals surface area contributed by atoms with Gasteiger partial charge in [0, 0.05) is 29.1 Å². The molecule has 4 rings (SSSR count). The van der Waals surface area contributed by atoms with Crippen molar-refractivity contribution in [3.05, 3.63) is 105 Å². The third-order valence-corrected chi connectivity index (χ3v) is 5.35. The maximum absolute atomic E-state index is 13.3. The van der Waals surface area contributed by atoms with E-state index in [4.69, 9.17) is 16.3 Å². The highest BCUT2D eigenvalue weighted by molar-refractivity contribution is 6.30. The average molecular weight is 436 g/mol. The molecule has 1 atom stereocenters. The molecule has 0 aliphatic carbocycles. The molecular weight excluding hydrogens is 418 g/mol. The first kappa shape index (κ1) is 20.6. The number of carbonyl (C=O) groups is 1. The van der Waals surface area contributed by atoms with Crippen LogP contribution in [0, 0.1) is 10.1 Å². The number of rotatable bonds is 5. The van der Waals surface area contributed by atoms with E-state index in [0.717, 1.165) is 16.8 Å². The van der Waals surface area contributed by atoms with Crippen LogP contribution in [0.5, 0.6) is 5.75 Å². The van der Waals surface area contributed by atoms with Crippen LogP contribution in [-0.2, 0) is 0 Å². The van der Waals surface area contributed by atoms with Gasteiger partial charge in [0.1, 0.15) is 5.75 Å². The van der Waals surface area contributed by atoms with Gasteiger partial charge in [0.15, 0.2) is 0 Å². The maximum atomic E-state index is 13.3. The van der Waals surface area contributed by atoms with E-state index >= 15 is 0 Å². The number of methoxy groups -OCH3 is 1. The van der Waals surface area contributed by atoms with Gasteiger partial charge in [0.05, 0.1) is 23.8 Å². The maximum Gasteiger partial charge on any atom is 0.274 e. The van der Waals surface area contributed by atoms with E-state index in [1.165, 1.54) is 23.2 Å².